The summed E-state index contributed by atoms with van der Waals surface area (Å²) in [6.07, 6.45) is 1.56. The lowest BCUT2D eigenvalue weighted by molar-refractivity contribution is -0.115. The Morgan fingerprint density at radius 2 is 1.82 bits per heavy atom. The minimum Gasteiger partial charge on any atom is -0.494 e. The van der Waals surface area contributed by atoms with Gasteiger partial charge in [-0.3, -0.25) is 4.79 Å². The molecule has 0 atom stereocenters. The Bertz CT molecular complexity index is 612. The monoisotopic (exact) mass is 377 g/mol. The molecule has 5 nitrogen and oxygen atoms in total. The number of thiazole rings is 1. The maximum Gasteiger partial charge on any atom is 0.263 e. The van der Waals surface area contributed by atoms with Crippen molar-refractivity contribution in [2.24, 2.45) is 0 Å². The van der Waals surface area contributed by atoms with Gasteiger partial charge in [-0.1, -0.05) is 44.8 Å². The van der Waals surface area contributed by atoms with Crippen molar-refractivity contribution in [3.8, 4) is 5.88 Å². The lowest BCUT2D eigenvalue weighted by Gasteiger charge is -2.13. The molecule has 3 N–H and O–H groups in total. The van der Waals surface area contributed by atoms with E-state index in [0.29, 0.717) is 18.1 Å². The number of hydrogen-bond donors (Lipinski definition) is 3. The summed E-state index contributed by atoms with van der Waals surface area (Å²) in [5.74, 6) is -0.271. The van der Waals surface area contributed by atoms with Crippen LogP contribution in [0.3, 0.4) is 0 Å². The molecule has 2 rings (SSSR count). The third-order valence-electron chi connectivity index (χ3n) is 2.90. The Kier molecular flexibility index (Phi) is 8.26. The zero-order valence-corrected chi connectivity index (χ0v) is 15.9. The topological polar surface area (TPSA) is 68.4 Å². The molecule has 122 valence electrons. The molecule has 1 amide bonds. The highest BCUT2D eigenvalue weighted by Crippen LogP contribution is 2.30. The van der Waals surface area contributed by atoms with Gasteiger partial charge in [0, 0.05) is 0 Å². The number of H-pyrrole nitrogens is 1. The second-order valence-corrected chi connectivity index (χ2v) is 7.64. The standard InChI is InChI=1S/C7H4N2O2S4.C6H15N/c10-4-2(14-6(12)8-4)1-3-5(11)9-7(13)15-3;1-4-7(5-2)6-3/h1,10H,(H,8,12)(H,9,11,13);4-6H2,1-3H3/b3-1+;. The Hall–Kier alpha value is -0.740. The van der Waals surface area contributed by atoms with Crippen molar-refractivity contribution in [2.45, 2.75) is 20.8 Å². The number of carbonyl (C=O) groups is 1. The van der Waals surface area contributed by atoms with Crippen LogP contribution in [0.25, 0.3) is 6.08 Å². The summed E-state index contributed by atoms with van der Waals surface area (Å²) in [5.41, 5.74) is 0. The minimum absolute atomic E-state index is 0.0243. The summed E-state index contributed by atoms with van der Waals surface area (Å²) in [6.45, 7) is 10.1. The van der Waals surface area contributed by atoms with Gasteiger partial charge < -0.3 is 20.3 Å². The fourth-order valence-corrected chi connectivity index (χ4v) is 3.78. The molecule has 1 saturated heterocycles. The predicted octanol–water partition coefficient (Wildman–Crippen LogP) is 3.35. The maximum atomic E-state index is 11.3. The Morgan fingerprint density at radius 3 is 2.14 bits per heavy atom. The molecule has 1 aliphatic heterocycles. The minimum atomic E-state index is -0.247. The van der Waals surface area contributed by atoms with Crippen LogP contribution in [0.2, 0.25) is 0 Å². The average molecular weight is 378 g/mol. The van der Waals surface area contributed by atoms with Gasteiger partial charge >= 0.3 is 0 Å². The van der Waals surface area contributed by atoms with Crippen LogP contribution in [0.1, 0.15) is 25.6 Å². The number of nitrogens with one attached hydrogen (secondary N) is 2. The van der Waals surface area contributed by atoms with E-state index in [9.17, 15) is 9.90 Å². The van der Waals surface area contributed by atoms with Gasteiger partial charge in [-0.05, 0) is 37.9 Å². The van der Waals surface area contributed by atoms with Crippen molar-refractivity contribution in [3.05, 3.63) is 13.7 Å². The van der Waals surface area contributed by atoms with Crippen LogP contribution in [-0.4, -0.2) is 44.9 Å². The molecule has 0 aromatic carbocycles. The summed E-state index contributed by atoms with van der Waals surface area (Å²) >= 11 is 12.1. The first kappa shape index (κ1) is 19.3. The first-order chi connectivity index (χ1) is 10.4. The molecule has 0 aliphatic carbocycles. The van der Waals surface area contributed by atoms with Crippen LogP contribution in [0.4, 0.5) is 0 Å². The number of nitrogens with zero attached hydrogens (tertiary/aromatic N) is 1. The number of thioether (sulfide) groups is 1. The molecular formula is C13H19N3O2S4. The van der Waals surface area contributed by atoms with E-state index in [4.69, 9.17) is 24.4 Å². The van der Waals surface area contributed by atoms with Gasteiger partial charge in [-0.15, -0.1) is 11.3 Å². The number of aromatic hydroxyl groups is 1. The first-order valence-electron chi connectivity index (χ1n) is 6.80. The summed E-state index contributed by atoms with van der Waals surface area (Å²) in [7, 11) is 0. The smallest absolute Gasteiger partial charge is 0.263 e. The van der Waals surface area contributed by atoms with E-state index in [1.807, 2.05) is 0 Å². The number of hydrogen-bond acceptors (Lipinski definition) is 7. The summed E-state index contributed by atoms with van der Waals surface area (Å²) < 4.78 is 0.884. The van der Waals surface area contributed by atoms with E-state index in [2.05, 4.69) is 36.0 Å². The van der Waals surface area contributed by atoms with Crippen molar-refractivity contribution >= 4 is 63.8 Å². The van der Waals surface area contributed by atoms with E-state index in [1.54, 1.807) is 6.08 Å². The Labute approximate surface area is 148 Å². The third-order valence-corrected chi connectivity index (χ3v) is 5.24. The fraction of sp³-hybridized carbons (Fsp3) is 0.462. The molecule has 2 heterocycles. The van der Waals surface area contributed by atoms with Gasteiger partial charge in [0.1, 0.15) is 4.32 Å². The van der Waals surface area contributed by atoms with Crippen molar-refractivity contribution in [1.29, 1.82) is 0 Å². The van der Waals surface area contributed by atoms with Crippen molar-refractivity contribution < 1.29 is 9.90 Å². The van der Waals surface area contributed by atoms with Crippen LogP contribution in [0.5, 0.6) is 5.88 Å². The zero-order valence-electron chi connectivity index (χ0n) is 12.6. The molecule has 9 heteroatoms. The zero-order chi connectivity index (χ0) is 16.7. The molecule has 1 aromatic rings. The van der Waals surface area contributed by atoms with E-state index >= 15 is 0 Å². The van der Waals surface area contributed by atoms with Crippen LogP contribution in [0, 0.1) is 3.95 Å². The van der Waals surface area contributed by atoms with Gasteiger partial charge in [-0.25, -0.2) is 0 Å². The highest BCUT2D eigenvalue weighted by Gasteiger charge is 2.22. The quantitative estimate of drug-likeness (QED) is 0.552. The van der Waals surface area contributed by atoms with Crippen LogP contribution in [-0.2, 0) is 4.79 Å². The van der Waals surface area contributed by atoms with E-state index < -0.39 is 0 Å². The number of aromatic nitrogens is 1. The highest BCUT2D eigenvalue weighted by molar-refractivity contribution is 8.26. The molecule has 0 saturated carbocycles. The van der Waals surface area contributed by atoms with Gasteiger partial charge in [0.05, 0.1) is 9.78 Å². The second-order valence-electron chi connectivity index (χ2n) is 4.20. The fourth-order valence-electron chi connectivity index (χ4n) is 1.64. The number of amides is 1. The SMILES string of the molecule is CCN(CC)CC.O=C1NC(=S)S/C1=C/c1sc(=S)[nH]c1O. The van der Waals surface area contributed by atoms with Crippen molar-refractivity contribution in [3.63, 3.8) is 0 Å². The predicted molar refractivity (Wildman–Crippen MR) is 101 cm³/mol. The third kappa shape index (κ3) is 5.81. The van der Waals surface area contributed by atoms with Crippen LogP contribution in [0.15, 0.2) is 4.91 Å². The normalized spacial score (nSPS) is 15.9. The number of thiocarbonyl (C=S) groups is 1. The average Bonchev–Trinajstić information content (AvgIpc) is 2.95. The molecule has 1 aliphatic rings. The Balaban J connectivity index is 0.000000295. The molecule has 1 aromatic heterocycles. The van der Waals surface area contributed by atoms with Gasteiger partial charge in [0.25, 0.3) is 5.91 Å². The van der Waals surface area contributed by atoms with Crippen molar-refractivity contribution in [2.75, 3.05) is 19.6 Å². The molecular weight excluding hydrogens is 358 g/mol. The van der Waals surface area contributed by atoms with Gasteiger partial charge in [0.2, 0.25) is 5.88 Å². The van der Waals surface area contributed by atoms with E-state index in [-0.39, 0.29) is 11.8 Å². The van der Waals surface area contributed by atoms with Gasteiger partial charge in [0.15, 0.2) is 3.95 Å². The maximum absolute atomic E-state index is 11.3. The molecule has 22 heavy (non-hydrogen) atoms. The largest absolute Gasteiger partial charge is 0.494 e. The molecule has 0 spiro atoms. The summed E-state index contributed by atoms with van der Waals surface area (Å²) in [5, 5.41) is 11.9. The molecule has 0 bridgehead atoms. The van der Waals surface area contributed by atoms with Crippen LogP contribution >= 0.6 is 47.5 Å². The second kappa shape index (κ2) is 9.41. The first-order valence-corrected chi connectivity index (χ1v) is 9.25. The highest BCUT2D eigenvalue weighted by atomic mass is 32.2. The number of rotatable bonds is 4. The van der Waals surface area contributed by atoms with Gasteiger partial charge in [-0.2, -0.15) is 0 Å². The van der Waals surface area contributed by atoms with E-state index in [0.717, 1.165) is 0 Å². The summed E-state index contributed by atoms with van der Waals surface area (Å²) in [6, 6.07) is 0. The van der Waals surface area contributed by atoms with Crippen molar-refractivity contribution in [1.82, 2.24) is 15.2 Å². The molecule has 1 fully saturated rings. The Morgan fingerprint density at radius 1 is 1.23 bits per heavy atom. The number of aromatic amines is 1. The molecule has 0 unspecified atom stereocenters. The summed E-state index contributed by atoms with van der Waals surface area (Å²) in [4.78, 5) is 17.2. The molecule has 0 radical (unpaired) electrons. The lowest BCUT2D eigenvalue weighted by Crippen LogP contribution is -2.21. The number of carbonyl (C=O) groups excluding carboxylic acids is 1. The van der Waals surface area contributed by atoms with E-state index in [1.165, 1.54) is 42.7 Å². The lowest BCUT2D eigenvalue weighted by atomic mass is 10.4. The van der Waals surface area contributed by atoms with Crippen LogP contribution < -0.4 is 5.32 Å².